The predicted molar refractivity (Wildman–Crippen MR) is 169 cm³/mol. The number of hydrogen-bond acceptors (Lipinski definition) is 7. The first-order valence-corrected chi connectivity index (χ1v) is 16.0. The highest BCUT2D eigenvalue weighted by atomic mass is 19.3. The molecule has 1 saturated carbocycles. The van der Waals surface area contributed by atoms with Gasteiger partial charge < -0.3 is 33.3 Å². The molecule has 46 heavy (non-hydrogen) atoms. The maximum atomic E-state index is 14.2. The van der Waals surface area contributed by atoms with Crippen LogP contribution in [0.4, 0.5) is 19.4 Å². The normalized spacial score (nSPS) is 21.4. The van der Waals surface area contributed by atoms with Crippen molar-refractivity contribution in [3.8, 4) is 11.5 Å². The van der Waals surface area contributed by atoms with Crippen LogP contribution in [0.2, 0.25) is 0 Å². The fraction of sp³-hybridized carbons (Fsp3) is 0.559. The highest BCUT2D eigenvalue weighted by molar-refractivity contribution is 5.94. The predicted octanol–water partition coefficient (Wildman–Crippen LogP) is 6.16. The molecule has 2 aromatic heterocycles. The number of fused-ring (bicyclic) bond motifs is 3. The van der Waals surface area contributed by atoms with Crippen LogP contribution in [-0.4, -0.2) is 88.1 Å². The summed E-state index contributed by atoms with van der Waals surface area (Å²) in [5.74, 6) is -0.967. The average Bonchev–Trinajstić information content (AvgIpc) is 3.55. The molecule has 1 aromatic carbocycles. The Kier molecular flexibility index (Phi) is 8.49. The lowest BCUT2D eigenvalue weighted by molar-refractivity contribution is -0.0518. The number of piperazine rings is 1. The van der Waals surface area contributed by atoms with Gasteiger partial charge in [0.15, 0.2) is 0 Å². The third kappa shape index (κ3) is 6.57. The van der Waals surface area contributed by atoms with E-state index in [0.29, 0.717) is 35.8 Å². The molecule has 2 atom stereocenters. The summed E-state index contributed by atoms with van der Waals surface area (Å²) in [6.07, 6.45) is 5.22. The van der Waals surface area contributed by atoms with Gasteiger partial charge in [-0.25, -0.2) is 18.6 Å². The molecule has 2 amide bonds. The van der Waals surface area contributed by atoms with Crippen LogP contribution in [0.3, 0.4) is 0 Å². The summed E-state index contributed by atoms with van der Waals surface area (Å²) < 4.78 is 46.7. The third-order valence-corrected chi connectivity index (χ3v) is 9.31. The second-order valence-electron chi connectivity index (χ2n) is 13.7. The zero-order valence-electron chi connectivity index (χ0n) is 27.2. The van der Waals surface area contributed by atoms with Crippen molar-refractivity contribution in [2.75, 3.05) is 32.2 Å². The molecule has 3 aromatic rings. The van der Waals surface area contributed by atoms with Gasteiger partial charge in [-0.2, -0.15) is 0 Å². The number of likely N-dealkylation sites (tertiary alicyclic amines) is 1. The number of ether oxygens (including phenoxy) is 3. The van der Waals surface area contributed by atoms with Crippen LogP contribution in [0.5, 0.6) is 11.5 Å². The van der Waals surface area contributed by atoms with Gasteiger partial charge in [0, 0.05) is 68.4 Å². The first kappa shape index (κ1) is 31.9. The molecule has 0 N–H and O–H groups in total. The Labute approximate surface area is 268 Å². The summed E-state index contributed by atoms with van der Waals surface area (Å²) >= 11 is 0. The van der Waals surface area contributed by atoms with E-state index in [-0.39, 0.29) is 62.4 Å². The minimum absolute atomic E-state index is 0.122. The number of methoxy groups -OCH3 is 2. The van der Waals surface area contributed by atoms with Crippen LogP contribution in [0.25, 0.3) is 5.65 Å². The lowest BCUT2D eigenvalue weighted by Gasteiger charge is -2.41. The first-order chi connectivity index (χ1) is 21.8. The number of hydrogen-bond donors (Lipinski definition) is 0. The lowest BCUT2D eigenvalue weighted by Crippen LogP contribution is -2.56. The van der Waals surface area contributed by atoms with Gasteiger partial charge in [-0.1, -0.05) is 0 Å². The van der Waals surface area contributed by atoms with Gasteiger partial charge in [-0.15, -0.1) is 0 Å². The van der Waals surface area contributed by atoms with Crippen LogP contribution >= 0.6 is 0 Å². The number of rotatable bonds is 7. The number of anilines is 1. The number of carbonyl (C=O) groups excluding carboxylic acids is 2. The van der Waals surface area contributed by atoms with Crippen molar-refractivity contribution in [2.45, 2.75) is 95.5 Å². The van der Waals surface area contributed by atoms with Crippen molar-refractivity contribution in [3.05, 3.63) is 53.9 Å². The summed E-state index contributed by atoms with van der Waals surface area (Å²) in [5.41, 5.74) is 1.35. The second-order valence-corrected chi connectivity index (χ2v) is 13.7. The van der Waals surface area contributed by atoms with Crippen molar-refractivity contribution < 1.29 is 32.6 Å². The van der Waals surface area contributed by atoms with E-state index in [2.05, 4.69) is 4.90 Å². The molecule has 6 rings (SSSR count). The van der Waals surface area contributed by atoms with E-state index in [1.807, 2.05) is 43.5 Å². The number of carbonyl (C=O) groups is 2. The van der Waals surface area contributed by atoms with Crippen LogP contribution in [0.15, 0.2) is 42.7 Å². The molecular weight excluding hydrogens is 596 g/mol. The highest BCUT2D eigenvalue weighted by Crippen LogP contribution is 2.38. The molecule has 2 saturated heterocycles. The molecule has 10 nitrogen and oxygen atoms in total. The molecule has 12 heteroatoms. The number of benzene rings is 1. The van der Waals surface area contributed by atoms with Crippen molar-refractivity contribution >= 4 is 23.5 Å². The molecule has 0 spiro atoms. The standard InChI is InChI=1S/C34H43F2N5O5/c1-33(2,3)46-32(43)39-19-25-8-9-26(20-39)41(25)30-21-38-17-23(7-11-29(38)37-30)31(42)40(24-12-14-34(35,36)15-13-24)18-22-6-10-27(44-4)16-28(22)45-5/h6-7,10-11,16-17,21,24-26H,8-9,12-15,18-20H2,1-5H3. The van der Waals surface area contributed by atoms with Crippen LogP contribution < -0.4 is 14.4 Å². The van der Waals surface area contributed by atoms with Gasteiger partial charge in [0.1, 0.15) is 28.6 Å². The fourth-order valence-electron chi connectivity index (χ4n) is 7.02. The number of pyridine rings is 1. The van der Waals surface area contributed by atoms with E-state index < -0.39 is 11.5 Å². The topological polar surface area (TPSA) is 88.9 Å². The Morgan fingerprint density at radius 1 is 0.978 bits per heavy atom. The number of aromatic nitrogens is 2. The average molecular weight is 640 g/mol. The Bertz CT molecular complexity index is 1580. The molecule has 2 aliphatic heterocycles. The van der Waals surface area contributed by atoms with E-state index >= 15 is 0 Å². The molecule has 3 fully saturated rings. The van der Waals surface area contributed by atoms with Gasteiger partial charge in [0.05, 0.1) is 26.0 Å². The summed E-state index contributed by atoms with van der Waals surface area (Å²) in [6.45, 7) is 6.94. The molecule has 0 radical (unpaired) electrons. The van der Waals surface area contributed by atoms with Crippen molar-refractivity contribution in [3.63, 3.8) is 0 Å². The number of amides is 2. The van der Waals surface area contributed by atoms with Gasteiger partial charge in [0.2, 0.25) is 5.92 Å². The largest absolute Gasteiger partial charge is 0.497 e. The Morgan fingerprint density at radius 2 is 1.67 bits per heavy atom. The molecule has 3 aliphatic rings. The molecule has 2 unspecified atom stereocenters. The van der Waals surface area contributed by atoms with E-state index in [1.165, 1.54) is 0 Å². The van der Waals surface area contributed by atoms with E-state index in [4.69, 9.17) is 19.2 Å². The maximum absolute atomic E-state index is 14.2. The summed E-state index contributed by atoms with van der Waals surface area (Å²) in [5, 5.41) is 0. The van der Waals surface area contributed by atoms with Crippen LogP contribution in [0, 0.1) is 0 Å². The highest BCUT2D eigenvalue weighted by Gasteiger charge is 2.43. The second kappa shape index (κ2) is 12.3. The zero-order chi connectivity index (χ0) is 32.8. The van der Waals surface area contributed by atoms with E-state index in [1.54, 1.807) is 48.4 Å². The van der Waals surface area contributed by atoms with Crippen molar-refractivity contribution in [1.82, 2.24) is 19.2 Å². The van der Waals surface area contributed by atoms with E-state index in [9.17, 15) is 18.4 Å². The Morgan fingerprint density at radius 3 is 2.30 bits per heavy atom. The summed E-state index contributed by atoms with van der Waals surface area (Å²) in [4.78, 5) is 37.6. The summed E-state index contributed by atoms with van der Waals surface area (Å²) in [7, 11) is 3.12. The first-order valence-electron chi connectivity index (χ1n) is 16.0. The fourth-order valence-corrected chi connectivity index (χ4v) is 7.02. The lowest BCUT2D eigenvalue weighted by atomic mass is 9.90. The third-order valence-electron chi connectivity index (χ3n) is 9.31. The Hall–Kier alpha value is -4.09. The molecular formula is C34H43F2N5O5. The maximum Gasteiger partial charge on any atom is 0.410 e. The number of alkyl halides is 2. The monoisotopic (exact) mass is 639 g/mol. The molecule has 1 aliphatic carbocycles. The molecule has 248 valence electrons. The number of imidazole rings is 1. The SMILES string of the molecule is COc1ccc(CN(C(=O)c2ccc3nc(N4C5CCC4CN(C(=O)OC(C)(C)C)C5)cn3c2)C2CCC(F)(F)CC2)c(OC)c1. The molecule has 4 heterocycles. The molecule has 2 bridgehead atoms. The van der Waals surface area contributed by atoms with Crippen molar-refractivity contribution in [2.24, 2.45) is 0 Å². The van der Waals surface area contributed by atoms with Crippen LogP contribution in [0.1, 0.15) is 75.2 Å². The summed E-state index contributed by atoms with van der Waals surface area (Å²) in [6, 6.07) is 8.87. The van der Waals surface area contributed by atoms with Gasteiger partial charge in [0.25, 0.3) is 5.91 Å². The minimum Gasteiger partial charge on any atom is -0.497 e. The van der Waals surface area contributed by atoms with Gasteiger partial charge >= 0.3 is 6.09 Å². The smallest absolute Gasteiger partial charge is 0.410 e. The minimum atomic E-state index is -2.72. The Balaban J connectivity index is 1.24. The number of nitrogens with zero attached hydrogens (tertiary/aromatic N) is 5. The number of halogens is 2. The van der Waals surface area contributed by atoms with Gasteiger partial charge in [-0.3, -0.25) is 4.79 Å². The van der Waals surface area contributed by atoms with Crippen molar-refractivity contribution in [1.29, 1.82) is 0 Å². The van der Waals surface area contributed by atoms with Crippen LogP contribution in [-0.2, 0) is 11.3 Å². The quantitative estimate of drug-likeness (QED) is 0.306. The van der Waals surface area contributed by atoms with E-state index in [0.717, 1.165) is 24.2 Å². The zero-order valence-corrected chi connectivity index (χ0v) is 27.2. The van der Waals surface area contributed by atoms with Gasteiger partial charge in [-0.05, 0) is 70.7 Å².